The molecule has 2 rings (SSSR count). The molecule has 0 radical (unpaired) electrons. The smallest absolute Gasteiger partial charge is 0.267 e. The molecule has 1 aliphatic carbocycles. The number of rotatable bonds is 4. The van der Waals surface area contributed by atoms with Crippen molar-refractivity contribution in [2.75, 3.05) is 13.2 Å². The fourth-order valence-corrected chi connectivity index (χ4v) is 2.72. The SMILES string of the molecule is Cc1ccc(C(=O)NCC2(CO)CCCC2)n1C. The number of aryl methyl sites for hydroxylation is 1. The van der Waals surface area contributed by atoms with Gasteiger partial charge in [0.15, 0.2) is 0 Å². The minimum Gasteiger partial charge on any atom is -0.396 e. The van der Waals surface area contributed by atoms with Gasteiger partial charge in [-0.2, -0.15) is 0 Å². The molecule has 0 saturated heterocycles. The van der Waals surface area contributed by atoms with Gasteiger partial charge in [0.25, 0.3) is 5.91 Å². The second-order valence-electron chi connectivity index (χ2n) is 5.47. The molecular weight excluding hydrogens is 228 g/mol. The Morgan fingerprint density at radius 1 is 1.44 bits per heavy atom. The summed E-state index contributed by atoms with van der Waals surface area (Å²) in [5.74, 6) is -0.0506. The van der Waals surface area contributed by atoms with Gasteiger partial charge in [-0.1, -0.05) is 12.8 Å². The summed E-state index contributed by atoms with van der Waals surface area (Å²) in [5.41, 5.74) is 1.66. The van der Waals surface area contributed by atoms with Crippen LogP contribution in [-0.4, -0.2) is 28.7 Å². The molecule has 0 atom stereocenters. The monoisotopic (exact) mass is 250 g/mol. The number of aliphatic hydroxyl groups is 1. The number of aromatic nitrogens is 1. The first-order valence-corrected chi connectivity index (χ1v) is 6.59. The second kappa shape index (κ2) is 5.14. The summed E-state index contributed by atoms with van der Waals surface area (Å²) < 4.78 is 1.88. The number of nitrogens with zero attached hydrogens (tertiary/aromatic N) is 1. The van der Waals surface area contributed by atoms with E-state index in [2.05, 4.69) is 5.32 Å². The third-order valence-electron chi connectivity index (χ3n) is 4.23. The first-order chi connectivity index (χ1) is 8.58. The molecule has 4 heteroatoms. The molecule has 1 aliphatic rings. The van der Waals surface area contributed by atoms with Crippen LogP contribution in [0.4, 0.5) is 0 Å². The summed E-state index contributed by atoms with van der Waals surface area (Å²) >= 11 is 0. The molecule has 0 spiro atoms. The predicted octanol–water partition coefficient (Wildman–Crippen LogP) is 1.62. The van der Waals surface area contributed by atoms with Gasteiger partial charge in [0.1, 0.15) is 5.69 Å². The lowest BCUT2D eigenvalue weighted by atomic mass is 9.87. The lowest BCUT2D eigenvalue weighted by molar-refractivity contribution is 0.0873. The minimum atomic E-state index is -0.0874. The Labute approximate surface area is 108 Å². The number of carbonyl (C=O) groups is 1. The van der Waals surface area contributed by atoms with Gasteiger partial charge in [0.2, 0.25) is 0 Å². The summed E-state index contributed by atoms with van der Waals surface area (Å²) in [7, 11) is 1.89. The van der Waals surface area contributed by atoms with Crippen molar-refractivity contribution >= 4 is 5.91 Å². The van der Waals surface area contributed by atoms with Crippen LogP contribution in [0.2, 0.25) is 0 Å². The molecule has 0 aliphatic heterocycles. The number of carbonyl (C=O) groups excluding carboxylic acids is 1. The van der Waals surface area contributed by atoms with Crippen LogP contribution in [0.15, 0.2) is 12.1 Å². The van der Waals surface area contributed by atoms with Crippen LogP contribution in [0.1, 0.15) is 41.9 Å². The predicted molar refractivity (Wildman–Crippen MR) is 70.5 cm³/mol. The van der Waals surface area contributed by atoms with E-state index in [0.29, 0.717) is 12.2 Å². The molecule has 18 heavy (non-hydrogen) atoms. The zero-order chi connectivity index (χ0) is 13.2. The van der Waals surface area contributed by atoms with Crippen LogP contribution in [-0.2, 0) is 7.05 Å². The van der Waals surface area contributed by atoms with Crippen molar-refractivity contribution in [3.8, 4) is 0 Å². The molecule has 0 bridgehead atoms. The van der Waals surface area contributed by atoms with Crippen molar-refractivity contribution in [2.24, 2.45) is 12.5 Å². The Hall–Kier alpha value is -1.29. The van der Waals surface area contributed by atoms with Gasteiger partial charge >= 0.3 is 0 Å². The fourth-order valence-electron chi connectivity index (χ4n) is 2.72. The number of aliphatic hydroxyl groups excluding tert-OH is 1. The van der Waals surface area contributed by atoms with Crippen LogP contribution in [0.5, 0.6) is 0 Å². The molecule has 2 N–H and O–H groups in total. The van der Waals surface area contributed by atoms with E-state index < -0.39 is 0 Å². The maximum absolute atomic E-state index is 12.1. The molecule has 0 unspecified atom stereocenters. The van der Waals surface area contributed by atoms with Crippen molar-refractivity contribution < 1.29 is 9.90 Å². The van der Waals surface area contributed by atoms with Crippen molar-refractivity contribution in [2.45, 2.75) is 32.6 Å². The topological polar surface area (TPSA) is 54.3 Å². The lowest BCUT2D eigenvalue weighted by Crippen LogP contribution is -2.38. The molecule has 4 nitrogen and oxygen atoms in total. The number of nitrogens with one attached hydrogen (secondary N) is 1. The van der Waals surface area contributed by atoms with Crippen LogP contribution < -0.4 is 5.32 Å². The highest BCUT2D eigenvalue weighted by Gasteiger charge is 2.33. The Bertz CT molecular complexity index is 431. The molecule has 100 valence electrons. The van der Waals surface area contributed by atoms with Gasteiger partial charge in [-0.15, -0.1) is 0 Å². The average molecular weight is 250 g/mol. The lowest BCUT2D eigenvalue weighted by Gasteiger charge is -2.26. The van der Waals surface area contributed by atoms with Gasteiger partial charge in [-0.3, -0.25) is 4.79 Å². The van der Waals surface area contributed by atoms with Crippen LogP contribution in [0, 0.1) is 12.3 Å². The normalized spacial score (nSPS) is 17.9. The fraction of sp³-hybridized carbons (Fsp3) is 0.643. The zero-order valence-electron chi connectivity index (χ0n) is 11.2. The minimum absolute atomic E-state index is 0.0506. The first kappa shape index (κ1) is 13.1. The molecule has 1 amide bonds. The highest BCUT2D eigenvalue weighted by atomic mass is 16.3. The number of hydrogen-bond donors (Lipinski definition) is 2. The summed E-state index contributed by atoms with van der Waals surface area (Å²) in [6.45, 7) is 2.72. The van der Waals surface area contributed by atoms with E-state index in [1.165, 1.54) is 0 Å². The summed E-state index contributed by atoms with van der Waals surface area (Å²) in [6.07, 6.45) is 4.32. The van der Waals surface area contributed by atoms with E-state index in [0.717, 1.165) is 31.4 Å². The summed E-state index contributed by atoms with van der Waals surface area (Å²) in [6, 6.07) is 3.78. The van der Waals surface area contributed by atoms with Gasteiger partial charge in [0, 0.05) is 24.7 Å². The number of amides is 1. The first-order valence-electron chi connectivity index (χ1n) is 6.59. The van der Waals surface area contributed by atoms with E-state index in [9.17, 15) is 9.90 Å². The van der Waals surface area contributed by atoms with E-state index >= 15 is 0 Å². The third-order valence-corrected chi connectivity index (χ3v) is 4.23. The van der Waals surface area contributed by atoms with Gasteiger partial charge < -0.3 is 15.0 Å². The van der Waals surface area contributed by atoms with Crippen molar-refractivity contribution in [3.63, 3.8) is 0 Å². The summed E-state index contributed by atoms with van der Waals surface area (Å²) in [5, 5.41) is 12.5. The maximum atomic E-state index is 12.1. The van der Waals surface area contributed by atoms with Crippen LogP contribution >= 0.6 is 0 Å². The average Bonchev–Trinajstić information content (AvgIpc) is 2.96. The van der Waals surface area contributed by atoms with E-state index in [4.69, 9.17) is 0 Å². The van der Waals surface area contributed by atoms with Crippen molar-refractivity contribution in [1.29, 1.82) is 0 Å². The Kier molecular flexibility index (Phi) is 3.76. The molecule has 1 saturated carbocycles. The quantitative estimate of drug-likeness (QED) is 0.853. The Balaban J connectivity index is 1.98. The highest BCUT2D eigenvalue weighted by molar-refractivity contribution is 5.92. The van der Waals surface area contributed by atoms with Crippen LogP contribution in [0.25, 0.3) is 0 Å². The molecule has 0 aromatic carbocycles. The molecular formula is C14H22N2O2. The molecule has 1 aromatic rings. The van der Waals surface area contributed by atoms with Crippen molar-refractivity contribution in [3.05, 3.63) is 23.5 Å². The van der Waals surface area contributed by atoms with Gasteiger partial charge in [-0.05, 0) is 31.9 Å². The molecule has 1 aromatic heterocycles. The standard InChI is InChI=1S/C14H22N2O2/c1-11-5-6-12(16(11)2)13(18)15-9-14(10-17)7-3-4-8-14/h5-6,17H,3-4,7-10H2,1-2H3,(H,15,18). The Morgan fingerprint density at radius 3 is 2.61 bits per heavy atom. The molecule has 1 heterocycles. The van der Waals surface area contributed by atoms with Crippen LogP contribution in [0.3, 0.4) is 0 Å². The van der Waals surface area contributed by atoms with E-state index in [1.54, 1.807) is 0 Å². The van der Waals surface area contributed by atoms with E-state index in [1.807, 2.05) is 30.7 Å². The van der Waals surface area contributed by atoms with E-state index in [-0.39, 0.29) is 17.9 Å². The highest BCUT2D eigenvalue weighted by Crippen LogP contribution is 2.36. The zero-order valence-corrected chi connectivity index (χ0v) is 11.2. The largest absolute Gasteiger partial charge is 0.396 e. The summed E-state index contributed by atoms with van der Waals surface area (Å²) in [4.78, 5) is 12.1. The van der Waals surface area contributed by atoms with Gasteiger partial charge in [0.05, 0.1) is 6.61 Å². The molecule has 1 fully saturated rings. The second-order valence-corrected chi connectivity index (χ2v) is 5.47. The van der Waals surface area contributed by atoms with Gasteiger partial charge in [-0.25, -0.2) is 0 Å². The number of hydrogen-bond acceptors (Lipinski definition) is 2. The maximum Gasteiger partial charge on any atom is 0.267 e. The Morgan fingerprint density at radius 2 is 2.11 bits per heavy atom. The third kappa shape index (κ3) is 2.43. The van der Waals surface area contributed by atoms with Crippen molar-refractivity contribution in [1.82, 2.24) is 9.88 Å².